The van der Waals surface area contributed by atoms with Crippen molar-refractivity contribution < 1.29 is 4.79 Å². The Balaban J connectivity index is 1.99. The average Bonchev–Trinajstić information content (AvgIpc) is 2.84. The van der Waals surface area contributed by atoms with Gasteiger partial charge in [-0.05, 0) is 12.1 Å². The van der Waals surface area contributed by atoms with Crippen LogP contribution in [0.1, 0.15) is 10.4 Å². The first-order valence-corrected chi connectivity index (χ1v) is 5.92. The Hall–Kier alpha value is -2.96. The van der Waals surface area contributed by atoms with E-state index < -0.39 is 11.5 Å². The molecule has 0 fully saturated rings. The van der Waals surface area contributed by atoms with Crippen molar-refractivity contribution in [2.45, 2.75) is 0 Å². The molecule has 0 radical (unpaired) electrons. The lowest BCUT2D eigenvalue weighted by atomic mass is 10.3. The van der Waals surface area contributed by atoms with Crippen molar-refractivity contribution in [2.75, 3.05) is 5.32 Å². The minimum absolute atomic E-state index is 0.0284. The average molecular weight is 269 g/mol. The molecular formula is C13H11N5O2. The molecule has 0 aliphatic carbocycles. The van der Waals surface area contributed by atoms with Crippen molar-refractivity contribution in [3.8, 4) is 0 Å². The SMILES string of the molecule is Cn1ccc(NC(=O)c2cnc3ccccn3c2=O)n1. The Bertz CT molecular complexity index is 849. The summed E-state index contributed by atoms with van der Waals surface area (Å²) in [6.45, 7) is 0. The minimum atomic E-state index is -0.528. The van der Waals surface area contributed by atoms with Crippen molar-refractivity contribution in [2.24, 2.45) is 7.05 Å². The van der Waals surface area contributed by atoms with E-state index in [2.05, 4.69) is 15.4 Å². The van der Waals surface area contributed by atoms with Crippen molar-refractivity contribution >= 4 is 17.4 Å². The predicted octanol–water partition coefficient (Wildman–Crippen LogP) is 0.680. The van der Waals surface area contributed by atoms with Gasteiger partial charge in [-0.2, -0.15) is 5.10 Å². The maximum atomic E-state index is 12.2. The van der Waals surface area contributed by atoms with Gasteiger partial charge < -0.3 is 5.32 Å². The fourth-order valence-corrected chi connectivity index (χ4v) is 1.85. The molecule has 0 spiro atoms. The van der Waals surface area contributed by atoms with Gasteiger partial charge in [-0.1, -0.05) is 6.07 Å². The highest BCUT2D eigenvalue weighted by atomic mass is 16.2. The molecule has 0 bridgehead atoms. The van der Waals surface area contributed by atoms with Gasteiger partial charge in [0.25, 0.3) is 11.5 Å². The van der Waals surface area contributed by atoms with Gasteiger partial charge in [0.2, 0.25) is 0 Å². The third-order valence-corrected chi connectivity index (χ3v) is 2.81. The first-order chi connectivity index (χ1) is 9.65. The normalized spacial score (nSPS) is 10.7. The molecule has 0 aromatic carbocycles. The van der Waals surface area contributed by atoms with Gasteiger partial charge >= 0.3 is 0 Å². The Labute approximate surface area is 113 Å². The first kappa shape index (κ1) is 12.1. The zero-order chi connectivity index (χ0) is 14.1. The van der Waals surface area contributed by atoms with Gasteiger partial charge in [-0.15, -0.1) is 0 Å². The highest BCUT2D eigenvalue weighted by Crippen LogP contribution is 2.04. The van der Waals surface area contributed by atoms with Gasteiger partial charge in [0.1, 0.15) is 11.2 Å². The summed E-state index contributed by atoms with van der Waals surface area (Å²) in [5.41, 5.74) is 0.0512. The number of amides is 1. The highest BCUT2D eigenvalue weighted by Gasteiger charge is 2.14. The number of aromatic nitrogens is 4. The minimum Gasteiger partial charge on any atom is -0.305 e. The Kier molecular flexibility index (Phi) is 2.79. The van der Waals surface area contributed by atoms with E-state index in [-0.39, 0.29) is 5.56 Å². The lowest BCUT2D eigenvalue weighted by Gasteiger charge is -2.03. The summed E-state index contributed by atoms with van der Waals surface area (Å²) >= 11 is 0. The number of aryl methyl sites for hydroxylation is 1. The second-order valence-corrected chi connectivity index (χ2v) is 4.23. The second-order valence-electron chi connectivity index (χ2n) is 4.23. The fourth-order valence-electron chi connectivity index (χ4n) is 1.85. The summed E-state index contributed by atoms with van der Waals surface area (Å²) < 4.78 is 2.88. The molecule has 0 atom stereocenters. The van der Waals surface area contributed by atoms with Crippen molar-refractivity contribution in [1.82, 2.24) is 19.2 Å². The molecular weight excluding hydrogens is 258 g/mol. The van der Waals surface area contributed by atoms with Crippen LogP contribution in [0.2, 0.25) is 0 Å². The third-order valence-electron chi connectivity index (χ3n) is 2.81. The van der Waals surface area contributed by atoms with Crippen LogP contribution in [0.5, 0.6) is 0 Å². The summed E-state index contributed by atoms with van der Waals surface area (Å²) in [6, 6.07) is 6.82. The lowest BCUT2D eigenvalue weighted by Crippen LogP contribution is -2.26. The topological polar surface area (TPSA) is 81.3 Å². The van der Waals surface area contributed by atoms with Crippen molar-refractivity contribution in [3.05, 3.63) is 58.8 Å². The van der Waals surface area contributed by atoms with Crippen LogP contribution in [0.4, 0.5) is 5.82 Å². The van der Waals surface area contributed by atoms with Crippen LogP contribution in [0.25, 0.3) is 5.65 Å². The molecule has 20 heavy (non-hydrogen) atoms. The molecule has 7 nitrogen and oxygen atoms in total. The molecule has 1 amide bonds. The number of anilines is 1. The molecule has 3 aromatic rings. The molecule has 3 aromatic heterocycles. The van der Waals surface area contributed by atoms with Crippen LogP contribution in [-0.4, -0.2) is 25.1 Å². The van der Waals surface area contributed by atoms with Crippen LogP contribution in [0, 0.1) is 0 Å². The number of nitrogens with zero attached hydrogens (tertiary/aromatic N) is 4. The van der Waals surface area contributed by atoms with E-state index in [9.17, 15) is 9.59 Å². The zero-order valence-corrected chi connectivity index (χ0v) is 10.6. The van der Waals surface area contributed by atoms with Crippen LogP contribution in [0.3, 0.4) is 0 Å². The highest BCUT2D eigenvalue weighted by molar-refractivity contribution is 6.03. The summed E-state index contributed by atoms with van der Waals surface area (Å²) in [7, 11) is 1.74. The van der Waals surface area contributed by atoms with E-state index in [4.69, 9.17) is 0 Å². The molecule has 1 N–H and O–H groups in total. The summed E-state index contributed by atoms with van der Waals surface area (Å²) in [4.78, 5) is 28.4. The van der Waals surface area contributed by atoms with E-state index in [0.717, 1.165) is 0 Å². The molecule has 100 valence electrons. The predicted molar refractivity (Wildman–Crippen MR) is 72.6 cm³/mol. The molecule has 0 aliphatic heterocycles. The second kappa shape index (κ2) is 4.61. The lowest BCUT2D eigenvalue weighted by molar-refractivity contribution is 0.102. The number of pyridine rings is 1. The Morgan fingerprint density at radius 3 is 2.85 bits per heavy atom. The summed E-state index contributed by atoms with van der Waals surface area (Å²) in [6.07, 6.45) is 4.54. The summed E-state index contributed by atoms with van der Waals surface area (Å²) in [5, 5.41) is 6.58. The van der Waals surface area contributed by atoms with Gasteiger partial charge in [0.05, 0.1) is 0 Å². The Morgan fingerprint density at radius 2 is 2.10 bits per heavy atom. The van der Waals surface area contributed by atoms with Crippen molar-refractivity contribution in [1.29, 1.82) is 0 Å². The molecule has 0 aliphatic rings. The molecule has 3 heterocycles. The quantitative estimate of drug-likeness (QED) is 0.741. The standard InChI is InChI=1S/C13H11N5O2/c1-17-7-5-10(16-17)15-12(19)9-8-14-11-4-2-3-6-18(11)13(9)20/h2-8H,1H3,(H,15,16,19). The summed E-state index contributed by atoms with van der Waals surface area (Å²) in [5.74, 6) is -0.144. The number of fused-ring (bicyclic) bond motifs is 1. The van der Waals surface area contributed by atoms with Gasteiger partial charge in [0.15, 0.2) is 5.82 Å². The largest absolute Gasteiger partial charge is 0.305 e. The van der Waals surface area contributed by atoms with Gasteiger partial charge in [0, 0.05) is 31.7 Å². The number of carbonyl (C=O) groups excluding carboxylic acids is 1. The maximum Gasteiger partial charge on any atom is 0.270 e. The van der Waals surface area contributed by atoms with Crippen LogP contribution >= 0.6 is 0 Å². The third kappa shape index (κ3) is 2.05. The monoisotopic (exact) mass is 269 g/mol. The van der Waals surface area contributed by atoms with Crippen molar-refractivity contribution in [3.63, 3.8) is 0 Å². The number of hydrogen-bond acceptors (Lipinski definition) is 4. The smallest absolute Gasteiger partial charge is 0.270 e. The molecule has 0 saturated carbocycles. The number of carbonyl (C=O) groups is 1. The van der Waals surface area contributed by atoms with Crippen LogP contribution < -0.4 is 10.9 Å². The van der Waals surface area contributed by atoms with E-state index >= 15 is 0 Å². The van der Waals surface area contributed by atoms with Crippen LogP contribution in [-0.2, 0) is 7.05 Å². The van der Waals surface area contributed by atoms with Crippen LogP contribution in [0.15, 0.2) is 47.7 Å². The fraction of sp³-hybridized carbons (Fsp3) is 0.0769. The maximum absolute atomic E-state index is 12.2. The van der Waals surface area contributed by atoms with E-state index in [1.165, 1.54) is 10.6 Å². The number of rotatable bonds is 2. The molecule has 0 unspecified atom stereocenters. The number of nitrogens with one attached hydrogen (secondary N) is 1. The zero-order valence-electron chi connectivity index (χ0n) is 10.6. The van der Waals surface area contributed by atoms with E-state index in [1.54, 1.807) is 48.4 Å². The first-order valence-electron chi connectivity index (χ1n) is 5.92. The molecule has 3 rings (SSSR count). The van der Waals surface area contributed by atoms with E-state index in [0.29, 0.717) is 11.5 Å². The van der Waals surface area contributed by atoms with E-state index in [1.807, 2.05) is 0 Å². The van der Waals surface area contributed by atoms with Gasteiger partial charge in [-0.25, -0.2) is 4.98 Å². The molecule has 7 heteroatoms. The Morgan fingerprint density at radius 1 is 1.25 bits per heavy atom. The molecule has 0 saturated heterocycles. The number of hydrogen-bond donors (Lipinski definition) is 1. The van der Waals surface area contributed by atoms with Gasteiger partial charge in [-0.3, -0.25) is 18.7 Å².